The van der Waals surface area contributed by atoms with Crippen LogP contribution >= 0.6 is 0 Å². The van der Waals surface area contributed by atoms with Gasteiger partial charge in [0.1, 0.15) is 5.67 Å². The third kappa shape index (κ3) is 30.9. The first-order valence-corrected chi connectivity index (χ1v) is 41.4. The van der Waals surface area contributed by atoms with E-state index in [0.29, 0.717) is 37.8 Å². The van der Waals surface area contributed by atoms with Crippen LogP contribution in [0.3, 0.4) is 0 Å². The summed E-state index contributed by atoms with van der Waals surface area (Å²) >= 11 is 0. The topological polar surface area (TPSA) is 23.8 Å². The molecule has 0 N–H and O–H groups in total. The van der Waals surface area contributed by atoms with E-state index in [-0.39, 0.29) is 40.4 Å². The molecule has 3 aromatic carbocycles. The van der Waals surface area contributed by atoms with Crippen LogP contribution in [0.4, 0.5) is 4.39 Å². The molecule has 8 bridgehead atoms. The van der Waals surface area contributed by atoms with Gasteiger partial charge in [0.2, 0.25) is 0 Å². The number of aryl methyl sites for hydroxylation is 3. The lowest BCUT2D eigenvalue weighted by molar-refractivity contribution is -0.113. The summed E-state index contributed by atoms with van der Waals surface area (Å²) in [5, 5.41) is 8.73. The molecule has 3 heteroatoms. The number of hydrogen-bond acceptors (Lipinski definition) is 1. The maximum absolute atomic E-state index is 11.7. The molecular weight excluding hydrogens is 1140 g/mol. The molecule has 0 spiro atoms. The molecule has 0 atom stereocenters. The molecule has 3 aromatic rings. The van der Waals surface area contributed by atoms with Crippen molar-refractivity contribution in [2.24, 2.45) is 80.3 Å². The first kappa shape index (κ1) is 79.3. The largest absolute Gasteiger partial charge is 0.245 e. The van der Waals surface area contributed by atoms with E-state index in [1.54, 1.807) is 77.6 Å². The molecule has 0 heterocycles. The van der Waals surface area contributed by atoms with Crippen molar-refractivity contribution in [1.82, 2.24) is 0 Å². The van der Waals surface area contributed by atoms with Gasteiger partial charge in [-0.3, -0.25) is 0 Å². The number of nitriles is 1. The van der Waals surface area contributed by atoms with Gasteiger partial charge in [0.05, 0.1) is 11.6 Å². The van der Waals surface area contributed by atoms with Gasteiger partial charge in [-0.05, 0) is 282 Å². The van der Waals surface area contributed by atoms with E-state index >= 15 is 0 Å². The summed E-state index contributed by atoms with van der Waals surface area (Å²) in [5.41, 5.74) is 10.0. The second kappa shape index (κ2) is 34.9. The molecule has 0 unspecified atom stereocenters. The fourth-order valence-corrected chi connectivity index (χ4v) is 17.1. The van der Waals surface area contributed by atoms with Gasteiger partial charge in [0, 0.05) is 13.5 Å². The second-order valence-electron chi connectivity index (χ2n) is 41.5. The molecule has 0 aliphatic heterocycles. The Morgan fingerprint density at radius 3 is 1.13 bits per heavy atom. The Labute approximate surface area is 588 Å². The standard InChI is InChI=1S/2C14H24.C13H20.C12H24.C11H16.C10H14.C7H18Si.C5H9N.C4H9F/c1-13(2,3)14-7-10-4-11(8-14)6-12(5-10)9-14;1-14(2,3)13-11-5-9-4-10(7-11)8-12(13)6-9;1-9-7-10(2)12(11(3)8-9)13(4,5)6;1-12(2,3)11-9-7-5-4-6-8-10-11;1-9-7-5-6-8-10(9)11(2,3)4;1-10(2,3)9-7-5-4-6-8-9;1-7(2,3)8(4,5)6;1-5(2,3)4-6;1-4(2,3)5/h10-12H,4-9H2,1-3H3;9-13H,4-8H2,1-3H3;7-8H,1-6H3;11H,4-10H2,1-3H3;5-8H,1-4H3;4-8H,1-3H3;1-6H3;1-3H3;1-3H3/i;;;;5D,6D,7D,8D;;;;. The summed E-state index contributed by atoms with van der Waals surface area (Å²) in [7, 11) is -0.859. The zero-order chi connectivity index (χ0) is 75.4. The lowest BCUT2D eigenvalue weighted by Crippen LogP contribution is -2.51. The van der Waals surface area contributed by atoms with E-state index in [0.717, 1.165) is 58.7 Å². The molecule has 1 nitrogen and oxygen atoms in total. The van der Waals surface area contributed by atoms with E-state index in [1.165, 1.54) is 93.5 Å². The number of nitrogens with zero attached hydrogens (tertiary/aromatic N) is 1. The van der Waals surface area contributed by atoms with Gasteiger partial charge in [-0.1, -0.05) is 269 Å². The minimum Gasteiger partial charge on any atom is -0.245 e. The van der Waals surface area contributed by atoms with Crippen LogP contribution in [-0.4, -0.2) is 13.7 Å². The van der Waals surface area contributed by atoms with E-state index in [9.17, 15) is 4.39 Å². The molecule has 9 fully saturated rings. The van der Waals surface area contributed by atoms with E-state index in [2.05, 4.69) is 214 Å². The van der Waals surface area contributed by atoms with Crippen LogP contribution in [0.1, 0.15) is 347 Å². The smallest absolute Gasteiger partial charge is 0.102 e. The molecule has 9 aliphatic carbocycles. The Balaban J connectivity index is 0.000000378. The fraction of sp³-hybridized carbons (Fsp3) is 0.789. The average molecular weight is 1310 g/mol. The van der Waals surface area contributed by atoms with Gasteiger partial charge in [-0.2, -0.15) is 5.26 Å². The highest BCUT2D eigenvalue weighted by molar-refractivity contribution is 6.78. The van der Waals surface area contributed by atoms with Gasteiger partial charge < -0.3 is 0 Å². The third-order valence-electron chi connectivity index (χ3n) is 22.5. The molecule has 534 valence electrons. The van der Waals surface area contributed by atoms with Crippen LogP contribution in [-0.2, 0) is 16.2 Å². The molecule has 0 radical (unpaired) electrons. The Morgan fingerprint density at radius 2 is 0.839 bits per heavy atom. The van der Waals surface area contributed by atoms with Crippen LogP contribution in [0, 0.1) is 119 Å². The quantitative estimate of drug-likeness (QED) is 0.206. The van der Waals surface area contributed by atoms with Crippen molar-refractivity contribution in [3.8, 4) is 6.07 Å². The van der Waals surface area contributed by atoms with Crippen LogP contribution in [0.2, 0.25) is 24.7 Å². The van der Waals surface area contributed by atoms with Crippen molar-refractivity contribution in [2.75, 3.05) is 0 Å². The number of halogens is 1. The van der Waals surface area contributed by atoms with Crippen LogP contribution in [0.25, 0.3) is 0 Å². The number of benzene rings is 3. The van der Waals surface area contributed by atoms with Crippen LogP contribution < -0.4 is 0 Å². The molecule has 9 saturated carbocycles. The number of hydrogen-bond donors (Lipinski definition) is 0. The second-order valence-corrected chi connectivity index (χ2v) is 47.5. The molecule has 12 rings (SSSR count). The lowest BCUT2D eigenvalue weighted by Gasteiger charge is -2.62. The maximum Gasteiger partial charge on any atom is 0.102 e. The van der Waals surface area contributed by atoms with E-state index in [4.69, 9.17) is 10.7 Å². The Kier molecular flexibility index (Phi) is 29.7. The minimum atomic E-state index is -1.00. The van der Waals surface area contributed by atoms with Gasteiger partial charge in [0.15, 0.2) is 0 Å². The summed E-state index contributed by atoms with van der Waals surface area (Å²) in [6, 6.07) is 17.1. The SMILES string of the molecule is CC(C)(C)C#N.CC(C)(C)C12CC3CC(CC(C3)C1)C2.CC(C)(C)C1C2CC3CC(C2)CC1C3.CC(C)(C)C1CCCCCCC1.CC(C)(C)F.CC(C)(C)[Si](C)(C)C.CC(C)(C)c1ccccc1.Cc1cc(C)c(C(C)(C)C)c(C)c1.[2H]c1c([2H])c([2H])c(C(C)(C)C)c(C)c1[2H]. The Bertz CT molecular complexity index is 2730. The molecular formula is C90H158FNSi. The summed E-state index contributed by atoms with van der Waals surface area (Å²) in [4.78, 5) is 0. The highest BCUT2D eigenvalue weighted by Crippen LogP contribution is 2.66. The van der Waals surface area contributed by atoms with Crippen molar-refractivity contribution >= 4 is 8.07 Å². The summed E-state index contributed by atoms with van der Waals surface area (Å²) < 4.78 is 42.4. The predicted molar refractivity (Wildman–Crippen MR) is 419 cm³/mol. The zero-order valence-electron chi connectivity index (χ0n) is 72.3. The highest BCUT2D eigenvalue weighted by Gasteiger charge is 2.55. The lowest BCUT2D eigenvalue weighted by atomic mass is 9.43. The average Bonchev–Trinajstić information content (AvgIpc) is 0.740. The predicted octanol–water partition coefficient (Wildman–Crippen LogP) is 29.4. The number of rotatable bonds is 0. The number of alkyl halides is 1. The van der Waals surface area contributed by atoms with Crippen molar-refractivity contribution in [3.05, 3.63) is 106 Å². The van der Waals surface area contributed by atoms with Gasteiger partial charge in [-0.25, -0.2) is 4.39 Å². The van der Waals surface area contributed by atoms with Gasteiger partial charge in [-0.15, -0.1) is 0 Å². The third-order valence-corrected chi connectivity index (χ3v) is 27.0. The first-order valence-electron chi connectivity index (χ1n) is 39.9. The molecule has 9 aliphatic rings. The van der Waals surface area contributed by atoms with Crippen molar-refractivity contribution in [3.63, 3.8) is 0 Å². The molecule has 0 amide bonds. The summed E-state index contributed by atoms with van der Waals surface area (Å²) in [5.74, 6) is 9.85. The van der Waals surface area contributed by atoms with Crippen molar-refractivity contribution in [1.29, 1.82) is 5.26 Å². The van der Waals surface area contributed by atoms with E-state index in [1.807, 2.05) is 41.5 Å². The summed E-state index contributed by atoms with van der Waals surface area (Å²) in [6.07, 6.45) is 27.7. The van der Waals surface area contributed by atoms with Gasteiger partial charge >= 0.3 is 0 Å². The van der Waals surface area contributed by atoms with Crippen LogP contribution in [0.15, 0.2) is 66.6 Å². The monoisotopic (exact) mass is 1300 g/mol. The van der Waals surface area contributed by atoms with Crippen molar-refractivity contribution in [2.45, 2.75) is 377 Å². The van der Waals surface area contributed by atoms with Crippen molar-refractivity contribution < 1.29 is 9.87 Å². The summed E-state index contributed by atoms with van der Waals surface area (Å²) in [6.45, 7) is 74.2. The van der Waals surface area contributed by atoms with Gasteiger partial charge in [0.25, 0.3) is 0 Å². The molecule has 0 saturated heterocycles. The first-order chi connectivity index (χ1) is 43.5. The fourth-order valence-electron chi connectivity index (χ4n) is 17.1. The normalized spacial score (nSPS) is 25.8. The molecule has 93 heavy (non-hydrogen) atoms. The Hall–Kier alpha value is -2.70. The Morgan fingerprint density at radius 1 is 0.484 bits per heavy atom. The van der Waals surface area contributed by atoms with E-state index < -0.39 is 13.7 Å². The maximum atomic E-state index is 11.7. The minimum absolute atomic E-state index is 0.0703. The highest BCUT2D eigenvalue weighted by atomic mass is 28.3. The van der Waals surface area contributed by atoms with Crippen LogP contribution in [0.5, 0.6) is 0 Å². The zero-order valence-corrected chi connectivity index (χ0v) is 69.3. The molecule has 0 aromatic heterocycles.